The molecular weight excluding hydrogens is 375 g/mol. The summed E-state index contributed by atoms with van der Waals surface area (Å²) in [5.41, 5.74) is 7.71. The third kappa shape index (κ3) is 3.77. The van der Waals surface area contributed by atoms with Crippen molar-refractivity contribution < 1.29 is 22.6 Å². The number of pyridine rings is 1. The van der Waals surface area contributed by atoms with Gasteiger partial charge in [0.1, 0.15) is 28.8 Å². The zero-order chi connectivity index (χ0) is 19.7. The number of alkyl halides is 2. The van der Waals surface area contributed by atoms with Crippen molar-refractivity contribution in [1.29, 1.82) is 0 Å². The van der Waals surface area contributed by atoms with Crippen LogP contribution < -0.4 is 15.2 Å². The molecule has 2 heterocycles. The summed E-state index contributed by atoms with van der Waals surface area (Å²) >= 11 is 0. The summed E-state index contributed by atoms with van der Waals surface area (Å²) in [6.07, 6.45) is 4.05. The van der Waals surface area contributed by atoms with Gasteiger partial charge >= 0.3 is 6.61 Å². The number of hydrogen-bond donors (Lipinski definition) is 1. The van der Waals surface area contributed by atoms with Crippen molar-refractivity contribution in [1.82, 2.24) is 20.0 Å². The zero-order valence-corrected chi connectivity index (χ0v) is 14.6. The van der Waals surface area contributed by atoms with E-state index >= 15 is 0 Å². The second-order valence-corrected chi connectivity index (χ2v) is 6.28. The number of nitrogens with zero attached hydrogens (tertiary/aromatic N) is 4. The average Bonchev–Trinajstić information content (AvgIpc) is 3.06. The first kappa shape index (κ1) is 18.2. The lowest BCUT2D eigenvalue weighted by Crippen LogP contribution is -2.18. The molecule has 0 saturated heterocycles. The van der Waals surface area contributed by atoms with Crippen LogP contribution in [0.25, 0.3) is 5.82 Å². The van der Waals surface area contributed by atoms with Crippen LogP contribution in [0.1, 0.15) is 30.3 Å². The summed E-state index contributed by atoms with van der Waals surface area (Å²) in [6, 6.07) is 6.07. The van der Waals surface area contributed by atoms with Gasteiger partial charge in [-0.1, -0.05) is 5.21 Å². The Morgan fingerprint density at radius 1 is 1.14 bits per heavy atom. The third-order valence-electron chi connectivity index (χ3n) is 4.31. The molecule has 2 N–H and O–H groups in total. The minimum absolute atomic E-state index is 0.00967. The number of aromatic nitrogens is 4. The topological polar surface area (TPSA) is 88.1 Å². The maximum atomic E-state index is 13.7. The maximum Gasteiger partial charge on any atom is 0.387 e. The summed E-state index contributed by atoms with van der Waals surface area (Å²) in [5.74, 6) is -0.306. The van der Waals surface area contributed by atoms with Crippen LogP contribution in [0.5, 0.6) is 17.2 Å². The van der Waals surface area contributed by atoms with Crippen molar-refractivity contribution in [2.24, 2.45) is 5.73 Å². The van der Waals surface area contributed by atoms with Gasteiger partial charge in [-0.05, 0) is 25.3 Å². The molecule has 1 aliphatic carbocycles. The molecular formula is C18H16F3N5O2. The number of nitrogens with two attached hydrogens (primary N) is 1. The minimum Gasteiger partial charge on any atom is -0.457 e. The first-order valence-corrected chi connectivity index (χ1v) is 8.59. The Hall–Kier alpha value is -3.14. The van der Waals surface area contributed by atoms with E-state index in [1.54, 1.807) is 16.8 Å². The van der Waals surface area contributed by atoms with Gasteiger partial charge in [-0.3, -0.25) is 0 Å². The number of benzene rings is 1. The predicted molar refractivity (Wildman–Crippen MR) is 92.1 cm³/mol. The summed E-state index contributed by atoms with van der Waals surface area (Å²) in [7, 11) is 0. The van der Waals surface area contributed by atoms with E-state index in [0.29, 0.717) is 11.6 Å². The predicted octanol–water partition coefficient (Wildman–Crippen LogP) is 3.53. The molecule has 3 aromatic rings. The number of hydrogen-bond acceptors (Lipinski definition) is 6. The molecule has 0 amide bonds. The highest BCUT2D eigenvalue weighted by Gasteiger charge is 2.24. The fraction of sp³-hybridized carbons (Fsp3) is 0.278. The Kier molecular flexibility index (Phi) is 4.86. The van der Waals surface area contributed by atoms with Crippen LogP contribution in [0.2, 0.25) is 0 Å². The smallest absolute Gasteiger partial charge is 0.387 e. The SMILES string of the molecule is NC1CCCc2c1nnn2-c1cc(Oc2cc(F)cc(OC(F)F)c2)ccn1. The molecule has 10 heteroatoms. The van der Waals surface area contributed by atoms with Crippen molar-refractivity contribution >= 4 is 0 Å². The van der Waals surface area contributed by atoms with E-state index in [0.717, 1.165) is 42.8 Å². The Morgan fingerprint density at radius 2 is 1.96 bits per heavy atom. The van der Waals surface area contributed by atoms with Gasteiger partial charge in [0.05, 0.1) is 11.7 Å². The van der Waals surface area contributed by atoms with Crippen LogP contribution in [0.15, 0.2) is 36.5 Å². The Bertz CT molecular complexity index is 995. The van der Waals surface area contributed by atoms with Gasteiger partial charge < -0.3 is 15.2 Å². The van der Waals surface area contributed by atoms with Crippen LogP contribution in [-0.4, -0.2) is 26.6 Å². The van der Waals surface area contributed by atoms with E-state index in [1.807, 2.05) is 0 Å². The number of ether oxygens (including phenoxy) is 2. The van der Waals surface area contributed by atoms with Crippen LogP contribution in [0.4, 0.5) is 13.2 Å². The van der Waals surface area contributed by atoms with E-state index in [4.69, 9.17) is 10.5 Å². The van der Waals surface area contributed by atoms with Crippen molar-refractivity contribution in [3.8, 4) is 23.1 Å². The second-order valence-electron chi connectivity index (χ2n) is 6.28. The minimum atomic E-state index is -3.06. The highest BCUT2D eigenvalue weighted by Crippen LogP contribution is 2.30. The summed E-state index contributed by atoms with van der Waals surface area (Å²) in [4.78, 5) is 4.27. The number of fused-ring (bicyclic) bond motifs is 1. The van der Waals surface area contributed by atoms with Gasteiger partial charge in [0.2, 0.25) is 0 Å². The molecule has 28 heavy (non-hydrogen) atoms. The van der Waals surface area contributed by atoms with Crippen molar-refractivity contribution in [3.05, 3.63) is 53.7 Å². The maximum absolute atomic E-state index is 13.7. The molecule has 4 rings (SSSR count). The standard InChI is InChI=1S/C18H16F3N5O2/c19-10-6-12(8-13(7-10)28-18(20)21)27-11-4-5-23-16(9-11)26-15-3-1-2-14(22)17(15)24-25-26/h4-9,14,18H,1-3,22H2. The van der Waals surface area contributed by atoms with E-state index in [9.17, 15) is 13.2 Å². The lowest BCUT2D eigenvalue weighted by molar-refractivity contribution is -0.0500. The van der Waals surface area contributed by atoms with Crippen LogP contribution in [0, 0.1) is 5.82 Å². The molecule has 0 aliphatic heterocycles. The van der Waals surface area contributed by atoms with Gasteiger partial charge in [-0.15, -0.1) is 5.10 Å². The number of halogens is 3. The molecule has 146 valence electrons. The Labute approximate surface area is 157 Å². The van der Waals surface area contributed by atoms with E-state index in [-0.39, 0.29) is 17.5 Å². The normalized spacial score (nSPS) is 16.1. The average molecular weight is 391 g/mol. The fourth-order valence-electron chi connectivity index (χ4n) is 3.13. The van der Waals surface area contributed by atoms with Crippen molar-refractivity contribution in [3.63, 3.8) is 0 Å². The largest absolute Gasteiger partial charge is 0.457 e. The highest BCUT2D eigenvalue weighted by atomic mass is 19.3. The van der Waals surface area contributed by atoms with Gasteiger partial charge in [-0.2, -0.15) is 13.5 Å². The molecule has 0 saturated carbocycles. The third-order valence-corrected chi connectivity index (χ3v) is 4.31. The molecule has 0 bridgehead atoms. The van der Waals surface area contributed by atoms with Gasteiger partial charge in [-0.25, -0.2) is 9.37 Å². The van der Waals surface area contributed by atoms with Gasteiger partial charge in [0.15, 0.2) is 5.82 Å². The molecule has 1 atom stereocenters. The molecule has 7 nitrogen and oxygen atoms in total. The molecule has 1 unspecified atom stereocenters. The molecule has 0 radical (unpaired) electrons. The summed E-state index contributed by atoms with van der Waals surface area (Å²) in [6.45, 7) is -3.06. The summed E-state index contributed by atoms with van der Waals surface area (Å²) < 4.78 is 49.8. The first-order chi connectivity index (χ1) is 13.5. The zero-order valence-electron chi connectivity index (χ0n) is 14.6. The lowest BCUT2D eigenvalue weighted by Gasteiger charge is -2.17. The van der Waals surface area contributed by atoms with Crippen LogP contribution in [-0.2, 0) is 6.42 Å². The number of rotatable bonds is 5. The first-order valence-electron chi connectivity index (χ1n) is 8.59. The van der Waals surface area contributed by atoms with E-state index < -0.39 is 12.4 Å². The second kappa shape index (κ2) is 7.47. The van der Waals surface area contributed by atoms with Crippen LogP contribution in [0.3, 0.4) is 0 Å². The monoisotopic (exact) mass is 391 g/mol. The fourth-order valence-corrected chi connectivity index (χ4v) is 3.13. The summed E-state index contributed by atoms with van der Waals surface area (Å²) in [5, 5.41) is 8.28. The Morgan fingerprint density at radius 3 is 2.79 bits per heavy atom. The molecule has 1 aliphatic rings. The quantitative estimate of drug-likeness (QED) is 0.716. The van der Waals surface area contributed by atoms with Gasteiger partial charge in [0, 0.05) is 30.5 Å². The molecule has 2 aromatic heterocycles. The molecule has 0 fully saturated rings. The van der Waals surface area contributed by atoms with Gasteiger partial charge in [0.25, 0.3) is 0 Å². The van der Waals surface area contributed by atoms with E-state index in [2.05, 4.69) is 20.0 Å². The highest BCUT2D eigenvalue weighted by molar-refractivity contribution is 5.40. The van der Waals surface area contributed by atoms with Crippen molar-refractivity contribution in [2.45, 2.75) is 31.9 Å². The Balaban J connectivity index is 1.61. The lowest BCUT2D eigenvalue weighted by atomic mass is 9.97. The van der Waals surface area contributed by atoms with E-state index in [1.165, 1.54) is 12.3 Å². The molecule has 1 aromatic carbocycles. The van der Waals surface area contributed by atoms with Crippen molar-refractivity contribution in [2.75, 3.05) is 0 Å². The van der Waals surface area contributed by atoms with Crippen LogP contribution >= 0.6 is 0 Å². The molecule has 0 spiro atoms.